The van der Waals surface area contributed by atoms with Gasteiger partial charge in [0.15, 0.2) is 5.11 Å². The first-order chi connectivity index (χ1) is 18.5. The Bertz CT molecular complexity index is 1690. The van der Waals surface area contributed by atoms with Gasteiger partial charge in [0.05, 0.1) is 29.7 Å². The monoisotopic (exact) mass is 579 g/mol. The molecule has 0 spiro atoms. The molecule has 3 heterocycles. The minimum Gasteiger partial charge on any atom is -0.351 e. The number of aromatic nitrogens is 2. The first-order valence-corrected chi connectivity index (χ1v) is 15.2. The molecule has 1 fully saturated rings. The summed E-state index contributed by atoms with van der Waals surface area (Å²) in [4.78, 5) is 6.76. The summed E-state index contributed by atoms with van der Waals surface area (Å²) in [5.74, 6) is 0. The maximum Gasteiger partial charge on any atom is 0.229 e. The summed E-state index contributed by atoms with van der Waals surface area (Å²) in [6.45, 7) is 8.11. The Morgan fingerprint density at radius 1 is 1.03 bits per heavy atom. The van der Waals surface area contributed by atoms with Crippen LogP contribution in [0.25, 0.3) is 5.69 Å². The smallest absolute Gasteiger partial charge is 0.229 e. The van der Waals surface area contributed by atoms with Gasteiger partial charge in [-0.05, 0) is 105 Å². The number of nitrogens with one attached hydrogen (secondary N) is 2. The number of aryl methyl sites for hydroxylation is 2. The Balaban J connectivity index is 1.67. The van der Waals surface area contributed by atoms with Gasteiger partial charge in [0.25, 0.3) is 0 Å². The third kappa shape index (κ3) is 5.14. The molecule has 5 rings (SSSR count). The zero-order chi connectivity index (χ0) is 28.1. The minimum atomic E-state index is -3.40. The van der Waals surface area contributed by atoms with E-state index in [-0.39, 0.29) is 12.1 Å². The van der Waals surface area contributed by atoms with Crippen molar-refractivity contribution in [3.05, 3.63) is 106 Å². The predicted molar refractivity (Wildman–Crippen MR) is 163 cm³/mol. The molecule has 0 amide bonds. The van der Waals surface area contributed by atoms with Crippen LogP contribution < -0.4 is 14.9 Å². The Kier molecular flexibility index (Phi) is 7.17. The van der Waals surface area contributed by atoms with E-state index in [0.29, 0.717) is 10.8 Å². The van der Waals surface area contributed by atoms with Crippen molar-refractivity contribution >= 4 is 50.3 Å². The van der Waals surface area contributed by atoms with Crippen LogP contribution in [-0.2, 0) is 10.0 Å². The van der Waals surface area contributed by atoms with Gasteiger partial charge in [-0.2, -0.15) is 0 Å². The molecular formula is C29H30ClN5O2S2. The standard InChI is InChI=1S/C29H30ClN5O2S2/c1-17-15-21(12-13-24(17)33-39(5,36)37)35-28(27(32-29(35)38)25-10-6-7-14-31-25)22-16-18(2)34(20(22)4)26-11-8-9-23(30)19(26)3/h6-16,27-28,33H,1-5H3,(H,32,38)/t27-,28+/m1/s1. The van der Waals surface area contributed by atoms with Crippen LogP contribution in [-0.4, -0.2) is 29.3 Å². The fourth-order valence-electron chi connectivity index (χ4n) is 5.36. The molecule has 7 nitrogen and oxygen atoms in total. The van der Waals surface area contributed by atoms with Crippen LogP contribution in [0.15, 0.2) is 66.9 Å². The number of nitrogens with zero attached hydrogens (tertiary/aromatic N) is 3. The van der Waals surface area contributed by atoms with Crippen molar-refractivity contribution in [3.8, 4) is 5.69 Å². The molecule has 1 aliphatic rings. The van der Waals surface area contributed by atoms with Crippen molar-refractivity contribution in [2.24, 2.45) is 0 Å². The van der Waals surface area contributed by atoms with Gasteiger partial charge in [0, 0.05) is 34.0 Å². The number of anilines is 2. The lowest BCUT2D eigenvalue weighted by atomic mass is 9.96. The second-order valence-corrected chi connectivity index (χ2v) is 12.5. The summed E-state index contributed by atoms with van der Waals surface area (Å²) < 4.78 is 28.5. The quantitative estimate of drug-likeness (QED) is 0.261. The normalized spacial score (nSPS) is 17.4. The van der Waals surface area contributed by atoms with Gasteiger partial charge >= 0.3 is 0 Å². The van der Waals surface area contributed by atoms with Crippen LogP contribution in [0.5, 0.6) is 0 Å². The highest BCUT2D eigenvalue weighted by Crippen LogP contribution is 2.44. The van der Waals surface area contributed by atoms with E-state index in [0.717, 1.165) is 56.4 Å². The molecule has 10 heteroatoms. The fourth-order valence-corrected chi connectivity index (χ4v) is 6.50. The SMILES string of the molecule is Cc1cc(N2C(=S)N[C@H](c3ccccn3)[C@@H]2c2cc(C)n(-c3cccc(Cl)c3C)c2C)ccc1NS(C)(=O)=O. The third-order valence-corrected chi connectivity index (χ3v) is 8.47. The molecule has 39 heavy (non-hydrogen) atoms. The molecule has 202 valence electrons. The molecule has 0 saturated carbocycles. The van der Waals surface area contributed by atoms with Crippen LogP contribution in [0, 0.1) is 27.7 Å². The first kappa shape index (κ1) is 27.2. The van der Waals surface area contributed by atoms with Crippen molar-refractivity contribution in [1.82, 2.24) is 14.9 Å². The highest BCUT2D eigenvalue weighted by atomic mass is 35.5. The van der Waals surface area contributed by atoms with E-state index in [1.54, 1.807) is 12.3 Å². The van der Waals surface area contributed by atoms with Crippen molar-refractivity contribution in [3.63, 3.8) is 0 Å². The molecule has 0 unspecified atom stereocenters. The average Bonchev–Trinajstić information content (AvgIpc) is 3.37. The van der Waals surface area contributed by atoms with Crippen LogP contribution in [0.4, 0.5) is 11.4 Å². The molecule has 0 bridgehead atoms. The van der Waals surface area contributed by atoms with Gasteiger partial charge in [0.2, 0.25) is 10.0 Å². The van der Waals surface area contributed by atoms with Gasteiger partial charge in [-0.15, -0.1) is 0 Å². The predicted octanol–water partition coefficient (Wildman–Crippen LogP) is 6.31. The molecule has 0 radical (unpaired) electrons. The maximum atomic E-state index is 11.8. The summed E-state index contributed by atoms with van der Waals surface area (Å²) in [7, 11) is -3.40. The zero-order valence-corrected chi connectivity index (χ0v) is 24.7. The number of benzene rings is 2. The lowest BCUT2D eigenvalue weighted by Crippen LogP contribution is -2.29. The minimum absolute atomic E-state index is 0.206. The van der Waals surface area contributed by atoms with Crippen LogP contribution in [0.1, 0.15) is 45.9 Å². The van der Waals surface area contributed by atoms with E-state index in [9.17, 15) is 8.42 Å². The summed E-state index contributed by atoms with van der Waals surface area (Å²) in [6.07, 6.45) is 2.93. The second-order valence-electron chi connectivity index (χ2n) is 9.92. The van der Waals surface area contributed by atoms with Gasteiger partial charge in [-0.25, -0.2) is 8.42 Å². The summed E-state index contributed by atoms with van der Waals surface area (Å²) >= 11 is 12.4. The molecular weight excluding hydrogens is 550 g/mol. The van der Waals surface area contributed by atoms with E-state index < -0.39 is 10.0 Å². The largest absolute Gasteiger partial charge is 0.351 e. The van der Waals surface area contributed by atoms with Gasteiger partial charge < -0.3 is 14.8 Å². The van der Waals surface area contributed by atoms with E-state index in [2.05, 4.69) is 50.5 Å². The topological polar surface area (TPSA) is 79.3 Å². The van der Waals surface area contributed by atoms with Crippen LogP contribution in [0.2, 0.25) is 5.02 Å². The van der Waals surface area contributed by atoms with Crippen molar-refractivity contribution < 1.29 is 8.42 Å². The molecule has 0 aliphatic carbocycles. The van der Waals surface area contributed by atoms with E-state index in [1.165, 1.54) is 0 Å². The Morgan fingerprint density at radius 2 is 1.79 bits per heavy atom. The number of sulfonamides is 1. The summed E-state index contributed by atoms with van der Waals surface area (Å²) in [6, 6.07) is 19.2. The average molecular weight is 580 g/mol. The molecule has 2 atom stereocenters. The molecule has 4 aromatic rings. The molecule has 2 aromatic carbocycles. The highest BCUT2D eigenvalue weighted by Gasteiger charge is 2.42. The zero-order valence-electron chi connectivity index (χ0n) is 22.4. The van der Waals surface area contributed by atoms with E-state index >= 15 is 0 Å². The fraction of sp³-hybridized carbons (Fsp3) is 0.241. The number of pyridine rings is 1. The molecule has 2 aromatic heterocycles. The summed E-state index contributed by atoms with van der Waals surface area (Å²) in [5.41, 5.74) is 8.36. The third-order valence-electron chi connectivity index (χ3n) is 7.15. The Labute approximate surface area is 239 Å². The van der Waals surface area contributed by atoms with Crippen molar-refractivity contribution in [2.75, 3.05) is 15.9 Å². The van der Waals surface area contributed by atoms with Gasteiger partial charge in [-0.1, -0.05) is 23.7 Å². The number of rotatable bonds is 6. The Hall–Kier alpha value is -3.40. The lowest BCUT2D eigenvalue weighted by molar-refractivity contribution is 0.565. The maximum absolute atomic E-state index is 11.8. The van der Waals surface area contributed by atoms with E-state index in [1.807, 2.05) is 56.3 Å². The molecule has 1 saturated heterocycles. The van der Waals surface area contributed by atoms with Gasteiger partial charge in [-0.3, -0.25) is 9.71 Å². The number of thiocarbonyl (C=S) groups is 1. The molecule has 2 N–H and O–H groups in total. The highest BCUT2D eigenvalue weighted by molar-refractivity contribution is 7.92. The molecule has 1 aliphatic heterocycles. The second kappa shape index (κ2) is 10.3. The van der Waals surface area contributed by atoms with E-state index in [4.69, 9.17) is 23.8 Å². The summed E-state index contributed by atoms with van der Waals surface area (Å²) in [5, 5.41) is 4.80. The lowest BCUT2D eigenvalue weighted by Gasteiger charge is -2.29. The first-order valence-electron chi connectivity index (χ1n) is 12.5. The number of hydrogen-bond acceptors (Lipinski definition) is 4. The van der Waals surface area contributed by atoms with Crippen molar-refractivity contribution in [2.45, 2.75) is 39.8 Å². The van der Waals surface area contributed by atoms with Crippen molar-refractivity contribution in [1.29, 1.82) is 0 Å². The van der Waals surface area contributed by atoms with Crippen LogP contribution in [0.3, 0.4) is 0 Å². The number of halogens is 1. The Morgan fingerprint density at radius 3 is 2.46 bits per heavy atom. The van der Waals surface area contributed by atoms with Gasteiger partial charge in [0.1, 0.15) is 0 Å². The number of hydrogen-bond donors (Lipinski definition) is 2. The van der Waals surface area contributed by atoms with Crippen LogP contribution >= 0.6 is 23.8 Å².